The van der Waals surface area contributed by atoms with Gasteiger partial charge in [-0.1, -0.05) is 0 Å². The van der Waals surface area contributed by atoms with Crippen LogP contribution in [0, 0.1) is 0 Å². The summed E-state index contributed by atoms with van der Waals surface area (Å²) in [6.07, 6.45) is 2.80. The highest BCUT2D eigenvalue weighted by Gasteiger charge is 2.16. The van der Waals surface area contributed by atoms with Crippen LogP contribution in [0.15, 0.2) is 12.3 Å². The molecule has 0 amide bonds. The monoisotopic (exact) mass is 212 g/mol. The van der Waals surface area contributed by atoms with Gasteiger partial charge in [0.25, 0.3) is 0 Å². The van der Waals surface area contributed by atoms with Gasteiger partial charge in [-0.2, -0.15) is 5.10 Å². The average molecular weight is 212 g/mol. The number of nitrogens with one attached hydrogen (secondary N) is 1. The van der Waals surface area contributed by atoms with Gasteiger partial charge in [0.2, 0.25) is 0 Å². The van der Waals surface area contributed by atoms with Crippen LogP contribution >= 0.6 is 0 Å². The van der Waals surface area contributed by atoms with Gasteiger partial charge in [-0.15, -0.1) is 0 Å². The molecule has 2 atom stereocenters. The molecule has 1 aromatic rings. The third-order valence-corrected chi connectivity index (χ3v) is 2.58. The molecule has 15 heavy (non-hydrogen) atoms. The molecular formula is C10H20N4O. The van der Waals surface area contributed by atoms with Gasteiger partial charge < -0.3 is 4.74 Å². The predicted octanol–water partition coefficient (Wildman–Crippen LogP) is 0.832. The maximum absolute atomic E-state index is 5.54. The summed E-state index contributed by atoms with van der Waals surface area (Å²) in [4.78, 5) is 0. The number of ether oxygens (including phenoxy) is 1. The van der Waals surface area contributed by atoms with E-state index in [2.05, 4.69) is 17.4 Å². The molecule has 0 radical (unpaired) electrons. The highest BCUT2D eigenvalue weighted by Crippen LogP contribution is 2.18. The fourth-order valence-electron chi connectivity index (χ4n) is 1.61. The number of hydrogen-bond donors (Lipinski definition) is 2. The van der Waals surface area contributed by atoms with Gasteiger partial charge in [0.15, 0.2) is 0 Å². The lowest BCUT2D eigenvalue weighted by Crippen LogP contribution is -2.32. The Kier molecular flexibility index (Phi) is 4.74. The minimum atomic E-state index is 0.0856. The molecule has 0 saturated heterocycles. The van der Waals surface area contributed by atoms with Gasteiger partial charge >= 0.3 is 0 Å². The zero-order chi connectivity index (χ0) is 11.3. The number of aryl methyl sites for hydroxylation is 1. The Morgan fingerprint density at radius 1 is 1.67 bits per heavy atom. The molecule has 1 aromatic heterocycles. The molecule has 0 saturated carbocycles. The SMILES string of the molecule is CCn1nccc1C(CC(C)OC)NN. The first-order valence-corrected chi connectivity index (χ1v) is 5.23. The molecule has 2 unspecified atom stereocenters. The van der Waals surface area contributed by atoms with E-state index in [0.29, 0.717) is 0 Å². The van der Waals surface area contributed by atoms with Crippen LogP contribution in [0.25, 0.3) is 0 Å². The van der Waals surface area contributed by atoms with Crippen molar-refractivity contribution in [2.75, 3.05) is 7.11 Å². The first-order valence-electron chi connectivity index (χ1n) is 5.23. The molecule has 0 aromatic carbocycles. The zero-order valence-corrected chi connectivity index (χ0v) is 9.60. The molecule has 0 aliphatic carbocycles. The highest BCUT2D eigenvalue weighted by atomic mass is 16.5. The molecule has 1 rings (SSSR count). The van der Waals surface area contributed by atoms with Crippen molar-refractivity contribution in [3.8, 4) is 0 Å². The molecule has 0 aliphatic heterocycles. The molecule has 0 bridgehead atoms. The minimum Gasteiger partial charge on any atom is -0.382 e. The molecule has 1 heterocycles. The van der Waals surface area contributed by atoms with Gasteiger partial charge in [-0.3, -0.25) is 16.0 Å². The van der Waals surface area contributed by atoms with Gasteiger partial charge in [0.1, 0.15) is 0 Å². The molecule has 3 N–H and O–H groups in total. The van der Waals surface area contributed by atoms with Crippen LogP contribution in [0.5, 0.6) is 0 Å². The van der Waals surface area contributed by atoms with Gasteiger partial charge in [-0.05, 0) is 26.3 Å². The third-order valence-electron chi connectivity index (χ3n) is 2.58. The van der Waals surface area contributed by atoms with Gasteiger partial charge in [0, 0.05) is 19.9 Å². The lowest BCUT2D eigenvalue weighted by molar-refractivity contribution is 0.0993. The normalized spacial score (nSPS) is 15.2. The first-order chi connectivity index (χ1) is 7.22. The second-order valence-electron chi connectivity index (χ2n) is 3.57. The van der Waals surface area contributed by atoms with E-state index in [1.54, 1.807) is 13.3 Å². The lowest BCUT2D eigenvalue weighted by Gasteiger charge is -2.20. The largest absolute Gasteiger partial charge is 0.382 e. The van der Waals surface area contributed by atoms with E-state index in [9.17, 15) is 0 Å². The number of methoxy groups -OCH3 is 1. The number of nitrogens with two attached hydrogens (primary N) is 1. The second kappa shape index (κ2) is 5.85. The summed E-state index contributed by atoms with van der Waals surface area (Å²) in [5, 5.41) is 4.22. The van der Waals surface area contributed by atoms with E-state index in [0.717, 1.165) is 18.7 Å². The average Bonchev–Trinajstić information content (AvgIpc) is 2.73. The van der Waals surface area contributed by atoms with Crippen LogP contribution in [0.2, 0.25) is 0 Å². The highest BCUT2D eigenvalue weighted by molar-refractivity contribution is 5.06. The lowest BCUT2D eigenvalue weighted by atomic mass is 10.1. The summed E-state index contributed by atoms with van der Waals surface area (Å²) >= 11 is 0. The summed E-state index contributed by atoms with van der Waals surface area (Å²) in [5.74, 6) is 5.54. The number of nitrogens with zero attached hydrogens (tertiary/aromatic N) is 2. The van der Waals surface area contributed by atoms with Crippen molar-refractivity contribution in [1.29, 1.82) is 0 Å². The Bertz CT molecular complexity index is 287. The number of hydrogen-bond acceptors (Lipinski definition) is 4. The fraction of sp³-hybridized carbons (Fsp3) is 0.700. The Morgan fingerprint density at radius 3 is 2.93 bits per heavy atom. The van der Waals surface area contributed by atoms with Crippen molar-refractivity contribution in [3.63, 3.8) is 0 Å². The van der Waals surface area contributed by atoms with Crippen molar-refractivity contribution in [3.05, 3.63) is 18.0 Å². The summed E-state index contributed by atoms with van der Waals surface area (Å²) in [6.45, 7) is 4.93. The maximum atomic E-state index is 5.54. The molecule has 0 spiro atoms. The Balaban J connectivity index is 2.73. The molecule has 0 aliphatic rings. The predicted molar refractivity (Wildman–Crippen MR) is 59.1 cm³/mol. The zero-order valence-electron chi connectivity index (χ0n) is 9.60. The molecule has 0 fully saturated rings. The van der Waals surface area contributed by atoms with Gasteiger partial charge in [-0.25, -0.2) is 0 Å². The topological polar surface area (TPSA) is 65.1 Å². The van der Waals surface area contributed by atoms with Crippen molar-refractivity contribution < 1.29 is 4.74 Å². The molecule has 5 heteroatoms. The second-order valence-corrected chi connectivity index (χ2v) is 3.57. The Morgan fingerprint density at radius 2 is 2.40 bits per heavy atom. The van der Waals surface area contributed by atoms with Crippen LogP contribution in [0.1, 0.15) is 32.0 Å². The summed E-state index contributed by atoms with van der Waals surface area (Å²) in [6, 6.07) is 2.07. The standard InChI is InChI=1S/C10H20N4O/c1-4-14-10(5-6-12-14)9(13-11)7-8(2)15-3/h5-6,8-9,13H,4,7,11H2,1-3H3. The Labute approximate surface area is 90.6 Å². The Hall–Kier alpha value is -0.910. The van der Waals surface area contributed by atoms with Crippen LogP contribution in [0.3, 0.4) is 0 Å². The number of aromatic nitrogens is 2. The van der Waals surface area contributed by atoms with E-state index in [-0.39, 0.29) is 12.1 Å². The van der Waals surface area contributed by atoms with Gasteiger partial charge in [0.05, 0.1) is 17.8 Å². The third kappa shape index (κ3) is 3.02. The summed E-state index contributed by atoms with van der Waals surface area (Å²) in [5.41, 5.74) is 3.90. The molecular weight excluding hydrogens is 192 g/mol. The van der Waals surface area contributed by atoms with Crippen molar-refractivity contribution in [1.82, 2.24) is 15.2 Å². The van der Waals surface area contributed by atoms with E-state index in [1.807, 2.05) is 17.7 Å². The van der Waals surface area contributed by atoms with Crippen molar-refractivity contribution in [2.24, 2.45) is 5.84 Å². The quantitative estimate of drug-likeness (QED) is 0.541. The van der Waals surface area contributed by atoms with E-state index < -0.39 is 0 Å². The van der Waals surface area contributed by atoms with Crippen LogP contribution in [0.4, 0.5) is 0 Å². The first kappa shape index (κ1) is 12.2. The fourth-order valence-corrected chi connectivity index (χ4v) is 1.61. The van der Waals surface area contributed by atoms with E-state index in [1.165, 1.54) is 0 Å². The minimum absolute atomic E-state index is 0.0856. The summed E-state index contributed by atoms with van der Waals surface area (Å²) in [7, 11) is 1.70. The van der Waals surface area contributed by atoms with E-state index >= 15 is 0 Å². The number of rotatable bonds is 6. The molecule has 86 valence electrons. The van der Waals surface area contributed by atoms with E-state index in [4.69, 9.17) is 10.6 Å². The van der Waals surface area contributed by atoms with Crippen molar-refractivity contribution >= 4 is 0 Å². The maximum Gasteiger partial charge on any atom is 0.0653 e. The number of hydrazine groups is 1. The van der Waals surface area contributed by atoms with Crippen molar-refractivity contribution in [2.45, 2.75) is 39.0 Å². The molecule has 5 nitrogen and oxygen atoms in total. The van der Waals surface area contributed by atoms with Crippen LogP contribution in [-0.4, -0.2) is 23.0 Å². The summed E-state index contributed by atoms with van der Waals surface area (Å²) < 4.78 is 7.17. The van der Waals surface area contributed by atoms with Crippen LogP contribution < -0.4 is 11.3 Å². The smallest absolute Gasteiger partial charge is 0.0653 e. The van der Waals surface area contributed by atoms with Crippen LogP contribution in [-0.2, 0) is 11.3 Å².